The molecule has 1 aromatic carbocycles. The molecule has 0 saturated heterocycles. The quantitative estimate of drug-likeness (QED) is 0.474. The molecule has 6 heteroatoms. The molecule has 0 aliphatic rings. The van der Waals surface area contributed by atoms with Crippen LogP contribution in [0.25, 0.3) is 0 Å². The van der Waals surface area contributed by atoms with E-state index in [0.717, 1.165) is 0 Å². The lowest BCUT2D eigenvalue weighted by atomic mass is 10.3. The summed E-state index contributed by atoms with van der Waals surface area (Å²) in [5.74, 6) is 0. The molecular formula is C6H6BrClN2O2. The molecule has 0 aromatic heterocycles. The molecule has 4 nitrogen and oxygen atoms in total. The van der Waals surface area contributed by atoms with Gasteiger partial charge in [0.2, 0.25) is 0 Å². The minimum atomic E-state index is -0.486. The second-order valence-electron chi connectivity index (χ2n) is 1.94. The number of rotatable bonds is 1. The predicted molar refractivity (Wildman–Crippen MR) is 52.5 cm³/mol. The molecule has 66 valence electrons. The Hall–Kier alpha value is -0.810. The number of anilines is 1. The molecule has 0 amide bonds. The fourth-order valence-electron chi connectivity index (χ4n) is 0.678. The van der Waals surface area contributed by atoms with Gasteiger partial charge in [0.05, 0.1) is 10.6 Å². The molecule has 12 heavy (non-hydrogen) atoms. The van der Waals surface area contributed by atoms with Crippen LogP contribution in [0.15, 0.2) is 22.7 Å². The molecule has 1 aromatic rings. The summed E-state index contributed by atoms with van der Waals surface area (Å²) in [6, 6.07) is 4.52. The fraction of sp³-hybridized carbons (Fsp3) is 0. The maximum atomic E-state index is 10.3. The van der Waals surface area contributed by atoms with Gasteiger partial charge in [-0.25, -0.2) is 0 Å². The van der Waals surface area contributed by atoms with Crippen molar-refractivity contribution in [1.29, 1.82) is 0 Å². The largest absolute Gasteiger partial charge is 0.398 e. The minimum absolute atomic E-state index is 0. The second kappa shape index (κ2) is 4.27. The zero-order valence-corrected chi connectivity index (χ0v) is 8.26. The van der Waals surface area contributed by atoms with E-state index in [4.69, 9.17) is 5.73 Å². The number of hydrogen-bond donors (Lipinski definition) is 1. The molecule has 0 fully saturated rings. The maximum absolute atomic E-state index is 10.3. The van der Waals surface area contributed by atoms with Crippen LogP contribution in [-0.4, -0.2) is 4.92 Å². The summed E-state index contributed by atoms with van der Waals surface area (Å²) in [6.45, 7) is 0. The first-order valence-corrected chi connectivity index (χ1v) is 3.60. The van der Waals surface area contributed by atoms with E-state index in [2.05, 4.69) is 15.9 Å². The van der Waals surface area contributed by atoms with Crippen molar-refractivity contribution in [3.05, 3.63) is 32.8 Å². The SMILES string of the molecule is Cl.Nc1cccc([N+](=O)[O-])c1Br. The fourth-order valence-corrected chi connectivity index (χ4v) is 1.09. The Morgan fingerprint density at radius 3 is 2.50 bits per heavy atom. The van der Waals surface area contributed by atoms with Crippen molar-refractivity contribution in [2.45, 2.75) is 0 Å². The topological polar surface area (TPSA) is 69.2 Å². The Bertz CT molecular complexity index is 306. The highest BCUT2D eigenvalue weighted by Crippen LogP contribution is 2.29. The molecular weight excluding hydrogens is 247 g/mol. The molecule has 0 radical (unpaired) electrons. The number of halogens is 2. The van der Waals surface area contributed by atoms with Crippen LogP contribution in [0.1, 0.15) is 0 Å². The van der Waals surface area contributed by atoms with Crippen LogP contribution in [0.4, 0.5) is 11.4 Å². The van der Waals surface area contributed by atoms with Gasteiger partial charge in [0, 0.05) is 6.07 Å². The van der Waals surface area contributed by atoms with Crippen LogP contribution >= 0.6 is 28.3 Å². The monoisotopic (exact) mass is 252 g/mol. The van der Waals surface area contributed by atoms with Gasteiger partial charge < -0.3 is 5.73 Å². The molecule has 0 unspecified atom stereocenters. The number of nitrogen functional groups attached to an aromatic ring is 1. The highest BCUT2D eigenvalue weighted by Gasteiger charge is 2.12. The Labute approximate surface area is 83.4 Å². The van der Waals surface area contributed by atoms with Crippen LogP contribution in [-0.2, 0) is 0 Å². The van der Waals surface area contributed by atoms with Gasteiger partial charge >= 0.3 is 0 Å². The van der Waals surface area contributed by atoms with Crippen molar-refractivity contribution in [3.8, 4) is 0 Å². The van der Waals surface area contributed by atoms with E-state index in [1.165, 1.54) is 12.1 Å². The van der Waals surface area contributed by atoms with Gasteiger partial charge in [0.15, 0.2) is 0 Å². The second-order valence-corrected chi connectivity index (χ2v) is 2.73. The van der Waals surface area contributed by atoms with Crippen LogP contribution in [0, 0.1) is 10.1 Å². The molecule has 0 spiro atoms. The average molecular weight is 253 g/mol. The third-order valence-corrected chi connectivity index (χ3v) is 2.07. The normalized spacial score (nSPS) is 8.75. The molecule has 0 atom stereocenters. The Morgan fingerprint density at radius 1 is 1.50 bits per heavy atom. The zero-order valence-electron chi connectivity index (χ0n) is 5.86. The van der Waals surface area contributed by atoms with Crippen molar-refractivity contribution in [2.75, 3.05) is 5.73 Å². The number of nitro groups is 1. The summed E-state index contributed by atoms with van der Waals surface area (Å²) in [6.07, 6.45) is 0. The van der Waals surface area contributed by atoms with Crippen LogP contribution in [0.3, 0.4) is 0 Å². The van der Waals surface area contributed by atoms with Crippen molar-refractivity contribution < 1.29 is 4.92 Å². The first-order valence-electron chi connectivity index (χ1n) is 2.81. The molecule has 1 rings (SSSR count). The van der Waals surface area contributed by atoms with Gasteiger partial charge in [-0.1, -0.05) is 6.07 Å². The molecule has 0 saturated carbocycles. The summed E-state index contributed by atoms with van der Waals surface area (Å²) < 4.78 is 0.338. The summed E-state index contributed by atoms with van der Waals surface area (Å²) in [4.78, 5) is 9.81. The smallest absolute Gasteiger partial charge is 0.285 e. The summed E-state index contributed by atoms with van der Waals surface area (Å²) in [5.41, 5.74) is 5.77. The van der Waals surface area contributed by atoms with E-state index < -0.39 is 4.92 Å². The Morgan fingerprint density at radius 2 is 2.08 bits per heavy atom. The molecule has 0 aliphatic heterocycles. The van der Waals surface area contributed by atoms with Crippen molar-refractivity contribution in [1.82, 2.24) is 0 Å². The van der Waals surface area contributed by atoms with Gasteiger partial charge in [0.1, 0.15) is 4.47 Å². The highest BCUT2D eigenvalue weighted by atomic mass is 79.9. The van der Waals surface area contributed by atoms with E-state index in [1.807, 2.05) is 0 Å². The summed E-state index contributed by atoms with van der Waals surface area (Å²) in [5, 5.41) is 10.3. The van der Waals surface area contributed by atoms with Gasteiger partial charge in [-0.05, 0) is 22.0 Å². The van der Waals surface area contributed by atoms with Crippen molar-refractivity contribution in [2.24, 2.45) is 0 Å². The lowest BCUT2D eigenvalue weighted by Gasteiger charge is -1.96. The van der Waals surface area contributed by atoms with E-state index in [0.29, 0.717) is 10.2 Å². The number of nitro benzene ring substituents is 1. The van der Waals surface area contributed by atoms with Gasteiger partial charge in [-0.2, -0.15) is 0 Å². The third kappa shape index (κ3) is 2.09. The predicted octanol–water partition coefficient (Wildman–Crippen LogP) is 2.36. The number of nitrogens with two attached hydrogens (primary N) is 1. The van der Waals surface area contributed by atoms with E-state index in [9.17, 15) is 10.1 Å². The average Bonchev–Trinajstić information content (AvgIpc) is 1.94. The number of hydrogen-bond acceptors (Lipinski definition) is 3. The lowest BCUT2D eigenvalue weighted by Crippen LogP contribution is -1.92. The van der Waals surface area contributed by atoms with Crippen LogP contribution in [0.5, 0.6) is 0 Å². The van der Waals surface area contributed by atoms with Gasteiger partial charge in [-0.3, -0.25) is 10.1 Å². The first kappa shape index (κ1) is 11.2. The molecule has 0 bridgehead atoms. The first-order chi connectivity index (χ1) is 5.13. The zero-order chi connectivity index (χ0) is 8.43. The number of nitrogens with zero attached hydrogens (tertiary/aromatic N) is 1. The summed E-state index contributed by atoms with van der Waals surface area (Å²) >= 11 is 3.01. The van der Waals surface area contributed by atoms with Crippen LogP contribution in [0.2, 0.25) is 0 Å². The summed E-state index contributed by atoms with van der Waals surface area (Å²) in [7, 11) is 0. The maximum Gasteiger partial charge on any atom is 0.285 e. The molecule has 0 heterocycles. The van der Waals surface area contributed by atoms with Crippen molar-refractivity contribution >= 4 is 39.7 Å². The third-order valence-electron chi connectivity index (χ3n) is 1.20. The van der Waals surface area contributed by atoms with E-state index >= 15 is 0 Å². The van der Waals surface area contributed by atoms with Crippen LogP contribution < -0.4 is 5.73 Å². The lowest BCUT2D eigenvalue weighted by molar-refractivity contribution is -0.385. The Balaban J connectivity index is 0.00000121. The molecule has 0 aliphatic carbocycles. The number of benzene rings is 1. The Kier molecular flexibility index (Phi) is 3.99. The van der Waals surface area contributed by atoms with Crippen molar-refractivity contribution in [3.63, 3.8) is 0 Å². The van der Waals surface area contributed by atoms with Gasteiger partial charge in [0.25, 0.3) is 5.69 Å². The highest BCUT2D eigenvalue weighted by molar-refractivity contribution is 9.10. The molecule has 2 N–H and O–H groups in total. The van der Waals surface area contributed by atoms with Gasteiger partial charge in [-0.15, -0.1) is 12.4 Å². The minimum Gasteiger partial charge on any atom is -0.398 e. The standard InChI is InChI=1S/C6H5BrN2O2.ClH/c7-6-4(8)2-1-3-5(6)9(10)11;/h1-3H,8H2;1H. The van der Waals surface area contributed by atoms with E-state index in [-0.39, 0.29) is 18.1 Å². The van der Waals surface area contributed by atoms with E-state index in [1.54, 1.807) is 6.07 Å².